The molecule has 0 aliphatic carbocycles. The molecule has 1 saturated heterocycles. The summed E-state index contributed by atoms with van der Waals surface area (Å²) >= 11 is 0. The SMILES string of the molecule is N/C(=N/O)c1ccc(N2CCN(CC(=O)NCCC(=O)OCc3ccccc3)C(=O)C2)cc1. The Bertz CT molecular complexity index is 994. The van der Waals surface area contributed by atoms with Crippen molar-refractivity contribution >= 4 is 29.3 Å². The first-order chi connectivity index (χ1) is 16.0. The van der Waals surface area contributed by atoms with Crippen LogP contribution in [0.3, 0.4) is 0 Å². The van der Waals surface area contributed by atoms with Gasteiger partial charge in [-0.2, -0.15) is 0 Å². The highest BCUT2D eigenvalue weighted by molar-refractivity contribution is 5.97. The van der Waals surface area contributed by atoms with Crippen LogP contribution in [0.4, 0.5) is 5.69 Å². The molecule has 0 unspecified atom stereocenters. The molecule has 1 aliphatic rings. The van der Waals surface area contributed by atoms with Gasteiger partial charge in [-0.1, -0.05) is 35.5 Å². The van der Waals surface area contributed by atoms with E-state index in [0.717, 1.165) is 11.3 Å². The number of nitrogens with two attached hydrogens (primary N) is 1. The molecule has 4 N–H and O–H groups in total. The Labute approximate surface area is 191 Å². The van der Waals surface area contributed by atoms with Gasteiger partial charge in [-0.3, -0.25) is 14.4 Å². The number of rotatable bonds is 9. The molecule has 0 radical (unpaired) electrons. The largest absolute Gasteiger partial charge is 0.461 e. The molecule has 2 amide bonds. The van der Waals surface area contributed by atoms with Gasteiger partial charge in [0.05, 0.1) is 19.5 Å². The van der Waals surface area contributed by atoms with E-state index in [1.165, 1.54) is 4.90 Å². The van der Waals surface area contributed by atoms with Crippen LogP contribution in [0.15, 0.2) is 59.8 Å². The van der Waals surface area contributed by atoms with Gasteiger partial charge in [0.1, 0.15) is 6.61 Å². The Morgan fingerprint density at radius 1 is 1.09 bits per heavy atom. The fraction of sp³-hybridized carbons (Fsp3) is 0.304. The van der Waals surface area contributed by atoms with E-state index in [2.05, 4.69) is 10.5 Å². The highest BCUT2D eigenvalue weighted by Crippen LogP contribution is 2.18. The normalized spacial score (nSPS) is 14.2. The molecule has 10 nitrogen and oxygen atoms in total. The van der Waals surface area contributed by atoms with E-state index in [-0.39, 0.29) is 50.3 Å². The van der Waals surface area contributed by atoms with Crippen LogP contribution in [0.25, 0.3) is 0 Å². The summed E-state index contributed by atoms with van der Waals surface area (Å²) in [6, 6.07) is 16.3. The first-order valence-corrected chi connectivity index (χ1v) is 10.5. The van der Waals surface area contributed by atoms with Gasteiger partial charge in [-0.15, -0.1) is 0 Å². The van der Waals surface area contributed by atoms with Gasteiger partial charge in [0.25, 0.3) is 0 Å². The Morgan fingerprint density at radius 2 is 1.82 bits per heavy atom. The predicted molar refractivity (Wildman–Crippen MR) is 122 cm³/mol. The molecule has 0 spiro atoms. The highest BCUT2D eigenvalue weighted by Gasteiger charge is 2.25. The van der Waals surface area contributed by atoms with Crippen molar-refractivity contribution in [2.75, 3.05) is 37.6 Å². The number of nitrogens with one attached hydrogen (secondary N) is 1. The number of carbonyl (C=O) groups excluding carboxylic acids is 3. The summed E-state index contributed by atoms with van der Waals surface area (Å²) in [5, 5.41) is 14.4. The lowest BCUT2D eigenvalue weighted by molar-refractivity contribution is -0.145. The average Bonchev–Trinajstić information content (AvgIpc) is 2.84. The summed E-state index contributed by atoms with van der Waals surface area (Å²) in [4.78, 5) is 39.9. The van der Waals surface area contributed by atoms with E-state index in [4.69, 9.17) is 15.7 Å². The number of benzene rings is 2. The number of ether oxygens (including phenoxy) is 1. The molecule has 0 aromatic heterocycles. The molecule has 0 saturated carbocycles. The molecule has 10 heteroatoms. The fourth-order valence-electron chi connectivity index (χ4n) is 3.34. The summed E-state index contributed by atoms with van der Waals surface area (Å²) in [6.07, 6.45) is 0.0573. The maximum atomic E-state index is 12.5. The first kappa shape index (κ1) is 23.6. The molecule has 0 bridgehead atoms. The average molecular weight is 453 g/mol. The van der Waals surface area contributed by atoms with Gasteiger partial charge < -0.3 is 30.8 Å². The van der Waals surface area contributed by atoms with E-state index in [9.17, 15) is 14.4 Å². The predicted octanol–water partition coefficient (Wildman–Crippen LogP) is 0.679. The van der Waals surface area contributed by atoms with Crippen LogP contribution in [-0.2, 0) is 25.7 Å². The number of piperazine rings is 1. The smallest absolute Gasteiger partial charge is 0.307 e. The van der Waals surface area contributed by atoms with E-state index >= 15 is 0 Å². The second kappa shape index (κ2) is 11.5. The highest BCUT2D eigenvalue weighted by atomic mass is 16.5. The molecule has 1 aliphatic heterocycles. The number of hydrogen-bond acceptors (Lipinski definition) is 7. The number of amidine groups is 1. The Balaban J connectivity index is 1.37. The van der Waals surface area contributed by atoms with Crippen molar-refractivity contribution in [3.63, 3.8) is 0 Å². The lowest BCUT2D eigenvalue weighted by Gasteiger charge is -2.35. The zero-order valence-corrected chi connectivity index (χ0v) is 18.1. The molecule has 1 fully saturated rings. The minimum Gasteiger partial charge on any atom is -0.461 e. The number of hydrogen-bond donors (Lipinski definition) is 3. The van der Waals surface area contributed by atoms with Crippen molar-refractivity contribution in [2.45, 2.75) is 13.0 Å². The third-order valence-electron chi connectivity index (χ3n) is 5.18. The number of amides is 2. The van der Waals surface area contributed by atoms with Crippen LogP contribution in [0, 0.1) is 0 Å². The molecular weight excluding hydrogens is 426 g/mol. The van der Waals surface area contributed by atoms with Gasteiger partial charge in [0.15, 0.2) is 5.84 Å². The zero-order valence-electron chi connectivity index (χ0n) is 18.1. The van der Waals surface area contributed by atoms with Gasteiger partial charge in [0.2, 0.25) is 11.8 Å². The van der Waals surface area contributed by atoms with Gasteiger partial charge in [-0.25, -0.2) is 0 Å². The standard InChI is InChI=1S/C23H27N5O5/c24-23(26-32)18-6-8-19(9-7-18)27-12-13-28(21(30)15-27)14-20(29)25-11-10-22(31)33-16-17-4-2-1-3-5-17/h1-9,32H,10-16H2,(H2,24,26)(H,25,29). The molecule has 33 heavy (non-hydrogen) atoms. The maximum absolute atomic E-state index is 12.5. The molecule has 0 atom stereocenters. The van der Waals surface area contributed by atoms with Crippen molar-refractivity contribution in [3.05, 3.63) is 65.7 Å². The minimum atomic E-state index is -0.401. The van der Waals surface area contributed by atoms with E-state index < -0.39 is 5.97 Å². The Kier molecular flexibility index (Phi) is 8.23. The van der Waals surface area contributed by atoms with Crippen LogP contribution < -0.4 is 16.0 Å². The minimum absolute atomic E-state index is 0.0120. The topological polar surface area (TPSA) is 138 Å². The van der Waals surface area contributed by atoms with E-state index in [1.54, 1.807) is 24.3 Å². The summed E-state index contributed by atoms with van der Waals surface area (Å²) in [7, 11) is 0. The van der Waals surface area contributed by atoms with Crippen LogP contribution in [0.1, 0.15) is 17.5 Å². The molecular formula is C23H27N5O5. The summed E-state index contributed by atoms with van der Waals surface area (Å²) in [6.45, 7) is 1.38. The molecule has 174 valence electrons. The number of carbonyl (C=O) groups is 3. The maximum Gasteiger partial charge on any atom is 0.307 e. The Hall–Kier alpha value is -4.08. The van der Waals surface area contributed by atoms with Crippen LogP contribution >= 0.6 is 0 Å². The summed E-state index contributed by atoms with van der Waals surface area (Å²) in [5.74, 6) is -0.880. The van der Waals surface area contributed by atoms with Crippen LogP contribution in [0.2, 0.25) is 0 Å². The fourth-order valence-corrected chi connectivity index (χ4v) is 3.34. The van der Waals surface area contributed by atoms with E-state index in [0.29, 0.717) is 18.7 Å². The third-order valence-corrected chi connectivity index (χ3v) is 5.18. The second-order valence-corrected chi connectivity index (χ2v) is 7.52. The summed E-state index contributed by atoms with van der Waals surface area (Å²) in [5.41, 5.74) is 7.86. The zero-order chi connectivity index (χ0) is 23.6. The number of esters is 1. The molecule has 2 aromatic carbocycles. The van der Waals surface area contributed by atoms with Crippen molar-refractivity contribution < 1.29 is 24.3 Å². The van der Waals surface area contributed by atoms with Crippen molar-refractivity contribution in [1.82, 2.24) is 10.2 Å². The van der Waals surface area contributed by atoms with Crippen LogP contribution in [-0.4, -0.2) is 66.5 Å². The monoisotopic (exact) mass is 453 g/mol. The lowest BCUT2D eigenvalue weighted by Crippen LogP contribution is -2.53. The van der Waals surface area contributed by atoms with Crippen molar-refractivity contribution in [2.24, 2.45) is 10.9 Å². The quantitative estimate of drug-likeness (QED) is 0.167. The summed E-state index contributed by atoms with van der Waals surface area (Å²) < 4.78 is 5.17. The van der Waals surface area contributed by atoms with Crippen LogP contribution in [0.5, 0.6) is 0 Å². The van der Waals surface area contributed by atoms with Crippen molar-refractivity contribution in [3.8, 4) is 0 Å². The van der Waals surface area contributed by atoms with Gasteiger partial charge >= 0.3 is 5.97 Å². The first-order valence-electron chi connectivity index (χ1n) is 10.5. The molecule has 2 aromatic rings. The lowest BCUT2D eigenvalue weighted by atomic mass is 10.1. The molecule has 3 rings (SSSR count). The van der Waals surface area contributed by atoms with Gasteiger partial charge in [-0.05, 0) is 29.8 Å². The molecule has 1 heterocycles. The third kappa shape index (κ3) is 6.96. The number of oxime groups is 1. The number of anilines is 1. The Morgan fingerprint density at radius 3 is 2.48 bits per heavy atom. The van der Waals surface area contributed by atoms with Crippen molar-refractivity contribution in [1.29, 1.82) is 0 Å². The van der Waals surface area contributed by atoms with E-state index in [1.807, 2.05) is 35.2 Å². The second-order valence-electron chi connectivity index (χ2n) is 7.52. The number of nitrogens with zero attached hydrogens (tertiary/aromatic N) is 3. The van der Waals surface area contributed by atoms with Gasteiger partial charge in [0, 0.05) is 30.9 Å².